The molecule has 0 saturated carbocycles. The SMILES string of the molecule is CCNC(=O)CNC(=O)c1cc(N)c(Cl)c(Cl)c1. The Morgan fingerprint density at radius 1 is 1.28 bits per heavy atom. The molecule has 1 aromatic carbocycles. The molecule has 0 spiro atoms. The maximum atomic E-state index is 11.7. The van der Waals surface area contributed by atoms with Crippen molar-refractivity contribution in [3.05, 3.63) is 27.7 Å². The molecule has 0 aliphatic carbocycles. The van der Waals surface area contributed by atoms with Crippen molar-refractivity contribution in [3.8, 4) is 0 Å². The van der Waals surface area contributed by atoms with Gasteiger partial charge in [0.1, 0.15) is 0 Å². The molecule has 98 valence electrons. The maximum Gasteiger partial charge on any atom is 0.251 e. The number of anilines is 1. The molecule has 0 aliphatic heterocycles. The van der Waals surface area contributed by atoms with Gasteiger partial charge in [-0.3, -0.25) is 9.59 Å². The van der Waals surface area contributed by atoms with Crippen LogP contribution >= 0.6 is 23.2 Å². The van der Waals surface area contributed by atoms with Crippen LogP contribution in [-0.4, -0.2) is 24.9 Å². The molecule has 0 unspecified atom stereocenters. The Morgan fingerprint density at radius 2 is 1.94 bits per heavy atom. The van der Waals surface area contributed by atoms with Gasteiger partial charge in [-0.1, -0.05) is 23.2 Å². The van der Waals surface area contributed by atoms with Crippen molar-refractivity contribution < 1.29 is 9.59 Å². The van der Waals surface area contributed by atoms with Crippen LogP contribution in [0.1, 0.15) is 17.3 Å². The second kappa shape index (κ2) is 6.47. The van der Waals surface area contributed by atoms with Gasteiger partial charge >= 0.3 is 0 Å². The molecular weight excluding hydrogens is 277 g/mol. The summed E-state index contributed by atoms with van der Waals surface area (Å²) in [6.45, 7) is 2.20. The quantitative estimate of drug-likeness (QED) is 0.734. The Bertz CT molecular complexity index is 454. The molecule has 0 aromatic heterocycles. The highest BCUT2D eigenvalue weighted by atomic mass is 35.5. The van der Waals surface area contributed by atoms with E-state index in [4.69, 9.17) is 28.9 Å². The van der Waals surface area contributed by atoms with Crippen LogP contribution in [0.15, 0.2) is 12.1 Å². The Morgan fingerprint density at radius 3 is 2.50 bits per heavy atom. The van der Waals surface area contributed by atoms with Crippen LogP contribution in [0.4, 0.5) is 5.69 Å². The summed E-state index contributed by atoms with van der Waals surface area (Å²) in [7, 11) is 0. The molecule has 18 heavy (non-hydrogen) atoms. The summed E-state index contributed by atoms with van der Waals surface area (Å²) in [6, 6.07) is 2.80. The van der Waals surface area contributed by atoms with E-state index in [-0.39, 0.29) is 33.7 Å². The highest BCUT2D eigenvalue weighted by Crippen LogP contribution is 2.29. The fraction of sp³-hybridized carbons (Fsp3) is 0.273. The van der Waals surface area contributed by atoms with Crippen molar-refractivity contribution >= 4 is 40.7 Å². The third-order valence-electron chi connectivity index (χ3n) is 2.10. The lowest BCUT2D eigenvalue weighted by atomic mass is 10.2. The third kappa shape index (κ3) is 3.78. The van der Waals surface area contributed by atoms with Gasteiger partial charge in [-0.2, -0.15) is 0 Å². The number of nitrogens with two attached hydrogens (primary N) is 1. The molecule has 0 atom stereocenters. The number of benzene rings is 1. The minimum atomic E-state index is -0.438. The van der Waals surface area contributed by atoms with Crippen molar-refractivity contribution in [2.45, 2.75) is 6.92 Å². The van der Waals surface area contributed by atoms with Gasteiger partial charge in [0.25, 0.3) is 5.91 Å². The first-order valence-corrected chi connectivity index (χ1v) is 6.00. The highest BCUT2D eigenvalue weighted by molar-refractivity contribution is 6.43. The second-order valence-corrected chi connectivity index (χ2v) is 4.28. The molecule has 2 amide bonds. The van der Waals surface area contributed by atoms with E-state index in [1.807, 2.05) is 0 Å². The number of hydrogen-bond donors (Lipinski definition) is 3. The topological polar surface area (TPSA) is 84.2 Å². The number of carbonyl (C=O) groups excluding carboxylic acids is 2. The van der Waals surface area contributed by atoms with Crippen molar-refractivity contribution in [3.63, 3.8) is 0 Å². The zero-order valence-electron chi connectivity index (χ0n) is 9.72. The number of rotatable bonds is 4. The van der Waals surface area contributed by atoms with Crippen molar-refractivity contribution in [2.24, 2.45) is 0 Å². The average Bonchev–Trinajstić information content (AvgIpc) is 2.32. The van der Waals surface area contributed by atoms with Crippen LogP contribution in [0.25, 0.3) is 0 Å². The van der Waals surface area contributed by atoms with Crippen LogP contribution < -0.4 is 16.4 Å². The van der Waals surface area contributed by atoms with Gasteiger partial charge in [0.05, 0.1) is 22.3 Å². The Kier molecular flexibility index (Phi) is 5.25. The van der Waals surface area contributed by atoms with E-state index in [0.29, 0.717) is 6.54 Å². The van der Waals surface area contributed by atoms with Gasteiger partial charge in [-0.05, 0) is 19.1 Å². The molecular formula is C11H13Cl2N3O2. The van der Waals surface area contributed by atoms with Crippen LogP contribution in [-0.2, 0) is 4.79 Å². The third-order valence-corrected chi connectivity index (χ3v) is 2.92. The van der Waals surface area contributed by atoms with Crippen molar-refractivity contribution in [2.75, 3.05) is 18.8 Å². The summed E-state index contributed by atoms with van der Waals surface area (Å²) >= 11 is 11.6. The number of likely N-dealkylation sites (N-methyl/N-ethyl adjacent to an activating group) is 1. The molecule has 7 heteroatoms. The summed E-state index contributed by atoms with van der Waals surface area (Å²) in [4.78, 5) is 22.9. The van der Waals surface area contributed by atoms with Crippen molar-refractivity contribution in [1.29, 1.82) is 0 Å². The van der Waals surface area contributed by atoms with Crippen LogP contribution in [0.2, 0.25) is 10.0 Å². The average molecular weight is 290 g/mol. The largest absolute Gasteiger partial charge is 0.397 e. The molecule has 0 aliphatic rings. The lowest BCUT2D eigenvalue weighted by molar-refractivity contribution is -0.120. The number of halogens is 2. The fourth-order valence-corrected chi connectivity index (χ4v) is 1.60. The predicted octanol–water partition coefficient (Wildman–Crippen LogP) is 1.44. The molecule has 0 heterocycles. The maximum absolute atomic E-state index is 11.7. The van der Waals surface area contributed by atoms with Crippen LogP contribution in [0.5, 0.6) is 0 Å². The first-order chi connectivity index (χ1) is 8.45. The highest BCUT2D eigenvalue weighted by Gasteiger charge is 2.12. The fourth-order valence-electron chi connectivity index (χ4n) is 1.26. The minimum Gasteiger partial charge on any atom is -0.397 e. The van der Waals surface area contributed by atoms with E-state index in [2.05, 4.69) is 10.6 Å². The molecule has 4 N–H and O–H groups in total. The zero-order chi connectivity index (χ0) is 13.7. The van der Waals surface area contributed by atoms with E-state index >= 15 is 0 Å². The molecule has 0 radical (unpaired) electrons. The summed E-state index contributed by atoms with van der Waals surface area (Å²) < 4.78 is 0. The Balaban J connectivity index is 2.70. The number of amides is 2. The van der Waals surface area contributed by atoms with E-state index in [1.165, 1.54) is 12.1 Å². The van der Waals surface area contributed by atoms with Gasteiger partial charge in [-0.15, -0.1) is 0 Å². The second-order valence-electron chi connectivity index (χ2n) is 3.50. The van der Waals surface area contributed by atoms with Crippen LogP contribution in [0.3, 0.4) is 0 Å². The lowest BCUT2D eigenvalue weighted by Gasteiger charge is -2.07. The number of carbonyl (C=O) groups is 2. The van der Waals surface area contributed by atoms with E-state index < -0.39 is 5.91 Å². The molecule has 0 fully saturated rings. The molecule has 1 rings (SSSR count). The first-order valence-electron chi connectivity index (χ1n) is 5.25. The molecule has 0 bridgehead atoms. The van der Waals surface area contributed by atoms with Gasteiger partial charge in [0, 0.05) is 12.1 Å². The number of hydrogen-bond acceptors (Lipinski definition) is 3. The van der Waals surface area contributed by atoms with E-state index in [1.54, 1.807) is 6.92 Å². The first kappa shape index (κ1) is 14.6. The Hall–Kier alpha value is -1.46. The minimum absolute atomic E-state index is 0.104. The number of nitrogen functional groups attached to an aromatic ring is 1. The van der Waals surface area contributed by atoms with Crippen molar-refractivity contribution in [1.82, 2.24) is 10.6 Å². The predicted molar refractivity (Wildman–Crippen MR) is 71.9 cm³/mol. The molecule has 5 nitrogen and oxygen atoms in total. The van der Waals surface area contributed by atoms with Gasteiger partial charge < -0.3 is 16.4 Å². The van der Waals surface area contributed by atoms with Crippen LogP contribution in [0, 0.1) is 0 Å². The smallest absolute Gasteiger partial charge is 0.251 e. The summed E-state index contributed by atoms with van der Waals surface area (Å²) in [6.07, 6.45) is 0. The molecule has 1 aromatic rings. The number of nitrogens with one attached hydrogen (secondary N) is 2. The monoisotopic (exact) mass is 289 g/mol. The summed E-state index contributed by atoms with van der Waals surface area (Å²) in [5.41, 5.74) is 6.06. The normalized spacial score (nSPS) is 9.94. The Labute approximate surface area is 115 Å². The van der Waals surface area contributed by atoms with E-state index in [9.17, 15) is 9.59 Å². The summed E-state index contributed by atoms with van der Waals surface area (Å²) in [5.74, 6) is -0.703. The summed E-state index contributed by atoms with van der Waals surface area (Å²) in [5, 5.41) is 5.41. The van der Waals surface area contributed by atoms with E-state index in [0.717, 1.165) is 0 Å². The molecule has 0 saturated heterocycles. The van der Waals surface area contributed by atoms with Gasteiger partial charge in [0.2, 0.25) is 5.91 Å². The lowest BCUT2D eigenvalue weighted by Crippen LogP contribution is -2.36. The van der Waals surface area contributed by atoms with Gasteiger partial charge in [-0.25, -0.2) is 0 Å². The van der Waals surface area contributed by atoms with Gasteiger partial charge in [0.15, 0.2) is 0 Å². The standard InChI is InChI=1S/C11H13Cl2N3O2/c1-2-15-9(17)5-16-11(18)6-3-7(12)10(13)8(14)4-6/h3-4H,2,5,14H2,1H3,(H,15,17)(H,16,18). The zero-order valence-corrected chi connectivity index (χ0v) is 11.2.